The van der Waals surface area contributed by atoms with Gasteiger partial charge in [-0.25, -0.2) is 0 Å². The second kappa shape index (κ2) is 16.5. The summed E-state index contributed by atoms with van der Waals surface area (Å²) >= 11 is 0. The highest BCUT2D eigenvalue weighted by Gasteiger charge is 2.00. The molecule has 1 aromatic carbocycles. The van der Waals surface area contributed by atoms with Crippen LogP contribution in [-0.2, 0) is 32.1 Å². The molecule has 2 N–H and O–H groups in total. The number of rotatable bonds is 15. The number of ether oxygens (including phenoxy) is 4. The lowest BCUT2D eigenvalue weighted by Gasteiger charge is -2.13. The zero-order valence-electron chi connectivity index (χ0n) is 17.0. The summed E-state index contributed by atoms with van der Waals surface area (Å²) in [6.45, 7) is 8.03. The van der Waals surface area contributed by atoms with Crippen LogP contribution in [0.3, 0.4) is 0 Å². The summed E-state index contributed by atoms with van der Waals surface area (Å²) in [4.78, 5) is 4.25. The van der Waals surface area contributed by atoms with E-state index in [1.807, 2.05) is 13.0 Å². The predicted octanol–water partition coefficient (Wildman–Crippen LogP) is 1.96. The number of nitrogens with zero attached hydrogens (tertiary/aromatic N) is 1. The molecule has 1 aromatic rings. The molecule has 0 aliphatic carbocycles. The maximum absolute atomic E-state index is 5.62. The predicted molar refractivity (Wildman–Crippen MR) is 108 cm³/mol. The summed E-state index contributed by atoms with van der Waals surface area (Å²) in [5.41, 5.74) is 2.34. The van der Waals surface area contributed by atoms with E-state index in [2.05, 4.69) is 33.8 Å². The Labute approximate surface area is 163 Å². The first kappa shape index (κ1) is 23.4. The minimum atomic E-state index is 0.594. The molecule has 7 heteroatoms. The molecule has 0 heterocycles. The molecule has 0 fully saturated rings. The van der Waals surface area contributed by atoms with Crippen LogP contribution in [0.2, 0.25) is 0 Å². The van der Waals surface area contributed by atoms with Crippen LogP contribution in [-0.4, -0.2) is 66.3 Å². The quantitative estimate of drug-likeness (QED) is 0.275. The summed E-state index contributed by atoms with van der Waals surface area (Å²) in [5, 5.41) is 6.61. The van der Waals surface area contributed by atoms with E-state index in [1.54, 1.807) is 14.2 Å². The van der Waals surface area contributed by atoms with Crippen molar-refractivity contribution < 1.29 is 18.9 Å². The molecule has 0 saturated heterocycles. The maximum atomic E-state index is 5.62. The fraction of sp³-hybridized carbons (Fsp3) is 0.650. The number of hydrogen-bond donors (Lipinski definition) is 2. The Morgan fingerprint density at radius 1 is 0.963 bits per heavy atom. The Morgan fingerprint density at radius 2 is 1.74 bits per heavy atom. The number of aliphatic imine (C=N–C) groups is 1. The van der Waals surface area contributed by atoms with Crippen molar-refractivity contribution in [1.29, 1.82) is 0 Å². The van der Waals surface area contributed by atoms with Gasteiger partial charge in [-0.3, -0.25) is 4.99 Å². The van der Waals surface area contributed by atoms with E-state index in [1.165, 1.54) is 5.56 Å². The standard InChI is InChI=1S/C20H35N3O4/c1-4-25-13-14-27-17-19-8-5-7-18(15-19)16-23-20(21-2)22-9-6-10-26-12-11-24-3/h5,7-8,15H,4,6,9-14,16-17H2,1-3H3,(H2,21,22,23). The van der Waals surface area contributed by atoms with Gasteiger partial charge in [0.1, 0.15) is 0 Å². The third kappa shape index (κ3) is 12.4. The van der Waals surface area contributed by atoms with E-state index in [9.17, 15) is 0 Å². The van der Waals surface area contributed by atoms with E-state index in [-0.39, 0.29) is 0 Å². The van der Waals surface area contributed by atoms with Crippen LogP contribution in [0.15, 0.2) is 29.3 Å². The monoisotopic (exact) mass is 381 g/mol. The van der Waals surface area contributed by atoms with E-state index in [4.69, 9.17) is 18.9 Å². The third-order valence-electron chi connectivity index (χ3n) is 3.71. The van der Waals surface area contributed by atoms with Crippen LogP contribution < -0.4 is 10.6 Å². The lowest BCUT2D eigenvalue weighted by molar-refractivity contribution is 0.0453. The first-order valence-corrected chi connectivity index (χ1v) is 9.54. The lowest BCUT2D eigenvalue weighted by Crippen LogP contribution is -2.37. The van der Waals surface area contributed by atoms with Gasteiger partial charge in [0, 0.05) is 40.5 Å². The highest BCUT2D eigenvalue weighted by atomic mass is 16.5. The molecule has 0 bridgehead atoms. The van der Waals surface area contributed by atoms with Gasteiger partial charge in [0.2, 0.25) is 0 Å². The van der Waals surface area contributed by atoms with Gasteiger partial charge in [0.15, 0.2) is 5.96 Å². The molecule has 0 aromatic heterocycles. The number of nitrogens with one attached hydrogen (secondary N) is 2. The van der Waals surface area contributed by atoms with Gasteiger partial charge in [0.25, 0.3) is 0 Å². The molecule has 0 atom stereocenters. The average Bonchev–Trinajstić information content (AvgIpc) is 2.69. The first-order chi connectivity index (χ1) is 13.3. The Morgan fingerprint density at radius 3 is 2.52 bits per heavy atom. The largest absolute Gasteiger partial charge is 0.382 e. The van der Waals surface area contributed by atoms with Crippen LogP contribution >= 0.6 is 0 Å². The van der Waals surface area contributed by atoms with Crippen LogP contribution in [0.25, 0.3) is 0 Å². The Balaban J connectivity index is 2.23. The molecule has 0 aliphatic rings. The van der Waals surface area contributed by atoms with Crippen molar-refractivity contribution in [3.8, 4) is 0 Å². The summed E-state index contributed by atoms with van der Waals surface area (Å²) < 4.78 is 21.3. The van der Waals surface area contributed by atoms with Crippen molar-refractivity contribution >= 4 is 5.96 Å². The number of hydrogen-bond acceptors (Lipinski definition) is 5. The van der Waals surface area contributed by atoms with E-state index in [0.717, 1.165) is 31.1 Å². The Bertz CT molecular complexity index is 512. The maximum Gasteiger partial charge on any atom is 0.191 e. The molecular weight excluding hydrogens is 346 g/mol. The van der Waals surface area contributed by atoms with Gasteiger partial charge in [-0.05, 0) is 24.5 Å². The molecule has 0 radical (unpaired) electrons. The highest BCUT2D eigenvalue weighted by molar-refractivity contribution is 5.79. The van der Waals surface area contributed by atoms with Crippen LogP contribution in [0.4, 0.5) is 0 Å². The minimum absolute atomic E-state index is 0.594. The number of benzene rings is 1. The van der Waals surface area contributed by atoms with Crippen molar-refractivity contribution in [3.63, 3.8) is 0 Å². The van der Waals surface area contributed by atoms with Gasteiger partial charge < -0.3 is 29.6 Å². The van der Waals surface area contributed by atoms with E-state index in [0.29, 0.717) is 46.2 Å². The molecule has 7 nitrogen and oxygen atoms in total. The van der Waals surface area contributed by atoms with Crippen LogP contribution in [0, 0.1) is 0 Å². The van der Waals surface area contributed by atoms with Gasteiger partial charge in [-0.2, -0.15) is 0 Å². The Kier molecular flexibility index (Phi) is 14.3. The normalized spacial score (nSPS) is 11.6. The summed E-state index contributed by atoms with van der Waals surface area (Å²) in [6.07, 6.45) is 0.916. The Hall–Kier alpha value is -1.67. The summed E-state index contributed by atoms with van der Waals surface area (Å²) in [7, 11) is 3.44. The summed E-state index contributed by atoms with van der Waals surface area (Å²) in [6, 6.07) is 8.35. The number of guanidine groups is 1. The van der Waals surface area contributed by atoms with Crippen molar-refractivity contribution in [2.75, 3.05) is 60.3 Å². The van der Waals surface area contributed by atoms with Crippen LogP contribution in [0.1, 0.15) is 24.5 Å². The van der Waals surface area contributed by atoms with E-state index < -0.39 is 0 Å². The molecule has 154 valence electrons. The molecular formula is C20H35N3O4. The zero-order chi connectivity index (χ0) is 19.6. The molecule has 0 saturated carbocycles. The summed E-state index contributed by atoms with van der Waals surface area (Å²) in [5.74, 6) is 0.783. The van der Waals surface area contributed by atoms with Gasteiger partial charge in [0.05, 0.1) is 33.0 Å². The second-order valence-electron chi connectivity index (χ2n) is 5.88. The van der Waals surface area contributed by atoms with E-state index >= 15 is 0 Å². The van der Waals surface area contributed by atoms with Gasteiger partial charge in [-0.15, -0.1) is 0 Å². The van der Waals surface area contributed by atoms with Crippen molar-refractivity contribution in [2.24, 2.45) is 4.99 Å². The molecule has 0 unspecified atom stereocenters. The van der Waals surface area contributed by atoms with Crippen LogP contribution in [0.5, 0.6) is 0 Å². The molecule has 0 aliphatic heterocycles. The van der Waals surface area contributed by atoms with Gasteiger partial charge in [-0.1, -0.05) is 24.3 Å². The third-order valence-corrected chi connectivity index (χ3v) is 3.71. The van der Waals surface area contributed by atoms with Crippen molar-refractivity contribution in [3.05, 3.63) is 35.4 Å². The average molecular weight is 382 g/mol. The molecule has 0 spiro atoms. The number of methoxy groups -OCH3 is 1. The zero-order valence-corrected chi connectivity index (χ0v) is 17.0. The minimum Gasteiger partial charge on any atom is -0.382 e. The lowest BCUT2D eigenvalue weighted by atomic mass is 10.1. The molecule has 1 rings (SSSR count). The van der Waals surface area contributed by atoms with Crippen molar-refractivity contribution in [2.45, 2.75) is 26.5 Å². The first-order valence-electron chi connectivity index (χ1n) is 9.54. The van der Waals surface area contributed by atoms with Crippen molar-refractivity contribution in [1.82, 2.24) is 10.6 Å². The second-order valence-corrected chi connectivity index (χ2v) is 5.88. The smallest absolute Gasteiger partial charge is 0.191 e. The molecule has 0 amide bonds. The fourth-order valence-corrected chi connectivity index (χ4v) is 2.31. The highest BCUT2D eigenvalue weighted by Crippen LogP contribution is 2.06. The topological polar surface area (TPSA) is 73.3 Å². The van der Waals surface area contributed by atoms with Gasteiger partial charge >= 0.3 is 0 Å². The fourth-order valence-electron chi connectivity index (χ4n) is 2.31. The molecule has 27 heavy (non-hydrogen) atoms. The SMILES string of the molecule is CCOCCOCc1cccc(CNC(=NC)NCCCOCCOC)c1.